The summed E-state index contributed by atoms with van der Waals surface area (Å²) in [4.78, 5) is 38.2. The van der Waals surface area contributed by atoms with Crippen LogP contribution in [-0.4, -0.2) is 35.6 Å². The van der Waals surface area contributed by atoms with Gasteiger partial charge in [0.2, 0.25) is 0 Å². The Kier molecular flexibility index (Phi) is 4.19. The van der Waals surface area contributed by atoms with Crippen LogP contribution in [0.25, 0.3) is 0 Å². The van der Waals surface area contributed by atoms with Gasteiger partial charge in [0.1, 0.15) is 12.6 Å². The molecule has 0 radical (unpaired) electrons. The van der Waals surface area contributed by atoms with Crippen molar-refractivity contribution >= 4 is 18.0 Å². The third kappa shape index (κ3) is 3.47. The number of carbonyl (C=O) groups is 3. The summed E-state index contributed by atoms with van der Waals surface area (Å²) in [6.07, 6.45) is -0.685. The van der Waals surface area contributed by atoms with Gasteiger partial charge in [-0.2, -0.15) is 5.06 Å². The van der Waals surface area contributed by atoms with Crippen LogP contribution >= 0.6 is 0 Å². The molecule has 2 amide bonds. The zero-order valence-electron chi connectivity index (χ0n) is 10.9. The van der Waals surface area contributed by atoms with E-state index in [0.717, 1.165) is 10.6 Å². The number of hydroxylamine groups is 2. The SMILES string of the molecule is CC(=O)ON1CC(NC(=O)OCc2ccccc2)C1=O. The highest BCUT2D eigenvalue weighted by atomic mass is 16.7. The topological polar surface area (TPSA) is 84.9 Å². The summed E-state index contributed by atoms with van der Waals surface area (Å²) in [7, 11) is 0. The molecule has 0 aliphatic carbocycles. The van der Waals surface area contributed by atoms with Crippen LogP contribution in [0.1, 0.15) is 12.5 Å². The maximum Gasteiger partial charge on any atom is 0.408 e. The molecule has 1 atom stereocenters. The van der Waals surface area contributed by atoms with E-state index in [4.69, 9.17) is 4.74 Å². The first-order valence-corrected chi connectivity index (χ1v) is 6.03. The van der Waals surface area contributed by atoms with Crippen LogP contribution in [0.4, 0.5) is 4.79 Å². The maximum absolute atomic E-state index is 11.5. The van der Waals surface area contributed by atoms with E-state index in [1.165, 1.54) is 6.92 Å². The van der Waals surface area contributed by atoms with Crippen LogP contribution in [0.5, 0.6) is 0 Å². The Morgan fingerprint density at radius 3 is 2.65 bits per heavy atom. The third-order valence-electron chi connectivity index (χ3n) is 2.64. The Morgan fingerprint density at radius 2 is 2.05 bits per heavy atom. The summed E-state index contributed by atoms with van der Waals surface area (Å²) in [5, 5.41) is 3.29. The van der Waals surface area contributed by atoms with Crippen molar-refractivity contribution in [3.05, 3.63) is 35.9 Å². The fourth-order valence-electron chi connectivity index (χ4n) is 1.65. The molecule has 1 aliphatic heterocycles. The van der Waals surface area contributed by atoms with Gasteiger partial charge in [-0.3, -0.25) is 9.59 Å². The van der Waals surface area contributed by atoms with E-state index in [-0.39, 0.29) is 13.2 Å². The van der Waals surface area contributed by atoms with E-state index in [9.17, 15) is 14.4 Å². The number of amides is 2. The van der Waals surface area contributed by atoms with Gasteiger partial charge < -0.3 is 14.9 Å². The van der Waals surface area contributed by atoms with E-state index in [2.05, 4.69) is 10.2 Å². The van der Waals surface area contributed by atoms with Gasteiger partial charge in [-0.1, -0.05) is 30.3 Å². The van der Waals surface area contributed by atoms with Crippen LogP contribution in [0.3, 0.4) is 0 Å². The van der Waals surface area contributed by atoms with Crippen molar-refractivity contribution in [3.8, 4) is 0 Å². The minimum Gasteiger partial charge on any atom is -0.445 e. The molecule has 1 saturated heterocycles. The molecule has 1 aromatic carbocycles. The number of nitrogens with one attached hydrogen (secondary N) is 1. The Labute approximate surface area is 115 Å². The van der Waals surface area contributed by atoms with E-state index in [1.807, 2.05) is 30.3 Å². The summed E-state index contributed by atoms with van der Waals surface area (Å²) in [6.45, 7) is 1.45. The zero-order valence-corrected chi connectivity index (χ0v) is 10.9. The van der Waals surface area contributed by atoms with E-state index in [0.29, 0.717) is 0 Å². The van der Waals surface area contributed by atoms with Crippen molar-refractivity contribution in [2.45, 2.75) is 19.6 Å². The molecule has 7 heteroatoms. The van der Waals surface area contributed by atoms with E-state index in [1.54, 1.807) is 0 Å². The molecular weight excluding hydrogens is 264 g/mol. The predicted octanol–water partition coefficient (Wildman–Crippen LogP) is 0.602. The molecule has 7 nitrogen and oxygen atoms in total. The van der Waals surface area contributed by atoms with Crippen LogP contribution in [0.2, 0.25) is 0 Å². The summed E-state index contributed by atoms with van der Waals surface area (Å²) in [5.41, 5.74) is 0.851. The average Bonchev–Trinajstić information content (AvgIpc) is 2.44. The lowest BCUT2D eigenvalue weighted by Gasteiger charge is -2.35. The van der Waals surface area contributed by atoms with Crippen molar-refractivity contribution in [1.29, 1.82) is 0 Å². The van der Waals surface area contributed by atoms with Crippen molar-refractivity contribution in [2.75, 3.05) is 6.54 Å². The Balaban J connectivity index is 1.71. The smallest absolute Gasteiger partial charge is 0.408 e. The van der Waals surface area contributed by atoms with Gasteiger partial charge in [0.15, 0.2) is 0 Å². The predicted molar refractivity (Wildman–Crippen MR) is 67.0 cm³/mol. The highest BCUT2D eigenvalue weighted by molar-refractivity contribution is 5.91. The van der Waals surface area contributed by atoms with Crippen LogP contribution in [0, 0.1) is 0 Å². The molecule has 1 aromatic rings. The lowest BCUT2D eigenvalue weighted by Crippen LogP contribution is -2.63. The van der Waals surface area contributed by atoms with Crippen molar-refractivity contribution in [3.63, 3.8) is 0 Å². The number of alkyl carbamates (subject to hydrolysis) is 1. The van der Waals surface area contributed by atoms with Crippen LogP contribution in [-0.2, 0) is 25.8 Å². The number of carbonyl (C=O) groups excluding carboxylic acids is 3. The van der Waals surface area contributed by atoms with Gasteiger partial charge in [0.05, 0.1) is 6.54 Å². The average molecular weight is 278 g/mol. The molecule has 1 unspecified atom stereocenters. The minimum atomic E-state index is -0.711. The molecule has 1 heterocycles. The molecule has 0 saturated carbocycles. The fourth-order valence-corrected chi connectivity index (χ4v) is 1.65. The summed E-state index contributed by atoms with van der Waals surface area (Å²) in [5.74, 6) is -1.06. The first-order valence-electron chi connectivity index (χ1n) is 6.03. The number of β-lactam (4-membered cyclic amide) rings is 1. The molecule has 1 N–H and O–H groups in total. The number of hydrogen-bond donors (Lipinski definition) is 1. The van der Waals surface area contributed by atoms with E-state index < -0.39 is 24.0 Å². The highest BCUT2D eigenvalue weighted by Gasteiger charge is 2.40. The quantitative estimate of drug-likeness (QED) is 0.815. The Hall–Kier alpha value is -2.57. The van der Waals surface area contributed by atoms with Gasteiger partial charge >= 0.3 is 12.1 Å². The lowest BCUT2D eigenvalue weighted by molar-refractivity contribution is -0.214. The molecule has 20 heavy (non-hydrogen) atoms. The number of nitrogens with zero attached hydrogens (tertiary/aromatic N) is 1. The summed E-state index contributed by atoms with van der Waals surface area (Å²) >= 11 is 0. The summed E-state index contributed by atoms with van der Waals surface area (Å²) < 4.78 is 4.97. The largest absolute Gasteiger partial charge is 0.445 e. The van der Waals surface area contributed by atoms with Crippen molar-refractivity contribution in [1.82, 2.24) is 10.4 Å². The standard InChI is InChI=1S/C13H14N2O5/c1-9(16)20-15-7-11(12(15)17)14-13(18)19-8-10-5-3-2-4-6-10/h2-6,11H,7-8H2,1H3,(H,14,18). The zero-order chi connectivity index (χ0) is 14.5. The Morgan fingerprint density at radius 1 is 1.35 bits per heavy atom. The van der Waals surface area contributed by atoms with Crippen molar-refractivity contribution in [2.24, 2.45) is 0 Å². The van der Waals surface area contributed by atoms with E-state index >= 15 is 0 Å². The molecule has 0 spiro atoms. The first kappa shape index (κ1) is 13.9. The van der Waals surface area contributed by atoms with Gasteiger partial charge in [-0.15, -0.1) is 0 Å². The monoisotopic (exact) mass is 278 g/mol. The number of rotatable bonds is 4. The van der Waals surface area contributed by atoms with Crippen LogP contribution < -0.4 is 5.32 Å². The maximum atomic E-state index is 11.5. The Bertz CT molecular complexity index is 517. The second-order valence-corrected chi connectivity index (χ2v) is 4.24. The highest BCUT2D eigenvalue weighted by Crippen LogP contribution is 2.11. The molecule has 0 bridgehead atoms. The van der Waals surface area contributed by atoms with Crippen molar-refractivity contribution < 1.29 is 24.0 Å². The normalized spacial score (nSPS) is 17.1. The molecule has 2 rings (SSSR count). The van der Waals surface area contributed by atoms with Gasteiger partial charge in [-0.05, 0) is 5.56 Å². The molecule has 0 aromatic heterocycles. The fraction of sp³-hybridized carbons (Fsp3) is 0.308. The second-order valence-electron chi connectivity index (χ2n) is 4.24. The first-order chi connectivity index (χ1) is 9.56. The second kappa shape index (κ2) is 6.05. The molecule has 106 valence electrons. The van der Waals surface area contributed by atoms with Gasteiger partial charge in [-0.25, -0.2) is 4.79 Å². The third-order valence-corrected chi connectivity index (χ3v) is 2.64. The molecular formula is C13H14N2O5. The number of hydrogen-bond acceptors (Lipinski definition) is 5. The summed E-state index contributed by atoms with van der Waals surface area (Å²) in [6, 6.07) is 8.47. The van der Waals surface area contributed by atoms with Gasteiger partial charge in [0, 0.05) is 6.92 Å². The lowest BCUT2D eigenvalue weighted by atomic mass is 10.1. The molecule has 1 aliphatic rings. The number of benzene rings is 1. The van der Waals surface area contributed by atoms with Crippen LogP contribution in [0.15, 0.2) is 30.3 Å². The van der Waals surface area contributed by atoms with Gasteiger partial charge in [0.25, 0.3) is 5.91 Å². The minimum absolute atomic E-state index is 0.124. The number of ether oxygens (including phenoxy) is 1. The molecule has 1 fully saturated rings.